The number of nitrogens with one attached hydrogen (secondary N) is 2. The number of phenols is 1. The van der Waals surface area contributed by atoms with Crippen LogP contribution in [0.5, 0.6) is 11.5 Å². The number of hydrazone groups is 1. The molecule has 8 nitrogen and oxygen atoms in total. The smallest absolute Gasteiger partial charge is 0.240 e. The van der Waals surface area contributed by atoms with Crippen molar-refractivity contribution in [3.63, 3.8) is 0 Å². The Bertz CT molecular complexity index is 853. The minimum absolute atomic E-state index is 0.107. The standard InChI is InChI=1S/C16H16N6O2S/c1-24-13-5-6-14(23)11(8-13)9-18-20-15-19-16(22-21-15)25-10-12-4-2-3-7-17-12/h2-9,23H,10H2,1H3,(H2,19,20,21,22)/b18-9+. The number of H-pyrrole nitrogens is 1. The fourth-order valence-corrected chi connectivity index (χ4v) is 2.62. The molecule has 1 aromatic carbocycles. The molecule has 3 aromatic rings. The number of hydrogen-bond acceptors (Lipinski definition) is 8. The third-order valence-corrected chi connectivity index (χ3v) is 4.03. The van der Waals surface area contributed by atoms with E-state index in [1.165, 1.54) is 18.0 Å². The van der Waals surface area contributed by atoms with E-state index < -0.39 is 0 Å². The molecule has 0 amide bonds. The first-order valence-corrected chi connectivity index (χ1v) is 8.34. The maximum Gasteiger partial charge on any atom is 0.240 e. The third kappa shape index (κ3) is 4.70. The van der Waals surface area contributed by atoms with Crippen LogP contribution in [0.15, 0.2) is 52.9 Å². The number of pyridine rings is 1. The van der Waals surface area contributed by atoms with Crippen LogP contribution in [0.2, 0.25) is 0 Å². The lowest BCUT2D eigenvalue weighted by Crippen LogP contribution is -1.93. The number of benzene rings is 1. The Balaban J connectivity index is 1.56. The summed E-state index contributed by atoms with van der Waals surface area (Å²) < 4.78 is 5.11. The maximum absolute atomic E-state index is 9.79. The SMILES string of the molecule is COc1ccc(O)c(/C=N/Nc2nc(SCc3ccccn3)n[nH]2)c1. The minimum atomic E-state index is 0.107. The van der Waals surface area contributed by atoms with Gasteiger partial charge in [-0.25, -0.2) is 10.5 Å². The first-order chi connectivity index (χ1) is 12.2. The van der Waals surface area contributed by atoms with Gasteiger partial charge in [-0.05, 0) is 30.3 Å². The highest BCUT2D eigenvalue weighted by molar-refractivity contribution is 7.98. The zero-order valence-electron chi connectivity index (χ0n) is 13.4. The van der Waals surface area contributed by atoms with Crippen LogP contribution in [0.25, 0.3) is 0 Å². The van der Waals surface area contributed by atoms with Crippen LogP contribution in [0.4, 0.5) is 5.95 Å². The molecular formula is C16H16N6O2S. The Hall–Kier alpha value is -3.07. The van der Waals surface area contributed by atoms with Gasteiger partial charge in [-0.1, -0.05) is 17.8 Å². The normalized spacial score (nSPS) is 10.9. The zero-order chi connectivity index (χ0) is 17.5. The fourth-order valence-electron chi connectivity index (χ4n) is 1.91. The number of aromatic nitrogens is 4. The molecule has 0 saturated carbocycles. The van der Waals surface area contributed by atoms with Crippen molar-refractivity contribution in [3.05, 3.63) is 53.9 Å². The van der Waals surface area contributed by atoms with Crippen LogP contribution in [0.1, 0.15) is 11.3 Å². The molecule has 25 heavy (non-hydrogen) atoms. The molecule has 0 aliphatic heterocycles. The van der Waals surface area contributed by atoms with Crippen molar-refractivity contribution >= 4 is 23.9 Å². The van der Waals surface area contributed by atoms with Gasteiger partial charge in [0, 0.05) is 17.5 Å². The largest absolute Gasteiger partial charge is 0.507 e. The Morgan fingerprint density at radius 1 is 1.36 bits per heavy atom. The number of aromatic amines is 1. The molecule has 3 N–H and O–H groups in total. The summed E-state index contributed by atoms with van der Waals surface area (Å²) in [5.74, 6) is 1.82. The maximum atomic E-state index is 9.79. The van der Waals surface area contributed by atoms with Gasteiger partial charge in [0.2, 0.25) is 11.1 Å². The number of hydrogen-bond donors (Lipinski definition) is 3. The molecule has 2 heterocycles. The van der Waals surface area contributed by atoms with Crippen molar-refractivity contribution in [2.75, 3.05) is 12.5 Å². The van der Waals surface area contributed by atoms with Crippen LogP contribution < -0.4 is 10.2 Å². The number of nitrogens with zero attached hydrogens (tertiary/aromatic N) is 4. The van der Waals surface area contributed by atoms with E-state index in [9.17, 15) is 5.11 Å². The fraction of sp³-hybridized carbons (Fsp3) is 0.125. The Labute approximate surface area is 148 Å². The number of anilines is 1. The highest BCUT2D eigenvalue weighted by Crippen LogP contribution is 2.21. The summed E-state index contributed by atoms with van der Waals surface area (Å²) in [6.07, 6.45) is 3.23. The molecule has 9 heteroatoms. The summed E-state index contributed by atoms with van der Waals surface area (Å²) in [5, 5.41) is 21.3. The topological polar surface area (TPSA) is 108 Å². The predicted octanol–water partition coefficient (Wildman–Crippen LogP) is 2.65. The molecule has 0 fully saturated rings. The second-order valence-corrected chi connectivity index (χ2v) is 5.81. The lowest BCUT2D eigenvalue weighted by Gasteiger charge is -2.02. The molecule has 0 saturated heterocycles. The van der Waals surface area contributed by atoms with E-state index in [1.807, 2.05) is 18.2 Å². The number of thioether (sulfide) groups is 1. The van der Waals surface area contributed by atoms with E-state index >= 15 is 0 Å². The highest BCUT2D eigenvalue weighted by atomic mass is 32.2. The van der Waals surface area contributed by atoms with E-state index in [0.717, 1.165) is 5.69 Å². The van der Waals surface area contributed by atoms with Crippen LogP contribution in [0.3, 0.4) is 0 Å². The Morgan fingerprint density at radius 2 is 2.28 bits per heavy atom. The van der Waals surface area contributed by atoms with Gasteiger partial charge in [-0.2, -0.15) is 10.1 Å². The summed E-state index contributed by atoms with van der Waals surface area (Å²) >= 11 is 1.47. The highest BCUT2D eigenvalue weighted by Gasteiger charge is 2.04. The second-order valence-electron chi connectivity index (χ2n) is 4.87. The van der Waals surface area contributed by atoms with Crippen LogP contribution in [-0.2, 0) is 5.75 Å². The van der Waals surface area contributed by atoms with Crippen molar-refractivity contribution in [2.24, 2.45) is 5.10 Å². The predicted molar refractivity (Wildman–Crippen MR) is 96.1 cm³/mol. The third-order valence-electron chi connectivity index (χ3n) is 3.15. The number of methoxy groups -OCH3 is 1. The number of ether oxygens (including phenoxy) is 1. The van der Waals surface area contributed by atoms with Gasteiger partial charge >= 0.3 is 0 Å². The number of rotatable bonds is 7. The zero-order valence-corrected chi connectivity index (χ0v) is 14.2. The van der Waals surface area contributed by atoms with Crippen molar-refractivity contribution in [1.29, 1.82) is 0 Å². The van der Waals surface area contributed by atoms with E-state index in [1.54, 1.807) is 31.5 Å². The molecule has 3 rings (SSSR count). The molecule has 0 aliphatic carbocycles. The molecule has 0 unspecified atom stereocenters. The van der Waals surface area contributed by atoms with E-state index in [2.05, 4.69) is 30.7 Å². The average molecular weight is 356 g/mol. The first-order valence-electron chi connectivity index (χ1n) is 7.36. The van der Waals surface area contributed by atoms with Crippen LogP contribution in [-0.4, -0.2) is 38.6 Å². The van der Waals surface area contributed by atoms with Gasteiger partial charge < -0.3 is 9.84 Å². The summed E-state index contributed by atoms with van der Waals surface area (Å²) in [7, 11) is 1.56. The van der Waals surface area contributed by atoms with Gasteiger partial charge in [-0.15, -0.1) is 5.10 Å². The molecular weight excluding hydrogens is 340 g/mol. The molecule has 2 aromatic heterocycles. The lowest BCUT2D eigenvalue weighted by atomic mass is 10.2. The van der Waals surface area contributed by atoms with Crippen LogP contribution >= 0.6 is 11.8 Å². The second kappa shape index (κ2) is 8.15. The van der Waals surface area contributed by atoms with Gasteiger partial charge in [0.05, 0.1) is 19.0 Å². The number of phenolic OH excluding ortho intramolecular Hbond substituents is 1. The van der Waals surface area contributed by atoms with Gasteiger partial charge in [-0.3, -0.25) is 4.98 Å². The summed E-state index contributed by atoms with van der Waals surface area (Å²) in [6.45, 7) is 0. The summed E-state index contributed by atoms with van der Waals surface area (Å²) in [6, 6.07) is 10.7. The quantitative estimate of drug-likeness (QED) is 0.339. The molecule has 128 valence electrons. The van der Waals surface area contributed by atoms with Gasteiger partial charge in [0.25, 0.3) is 0 Å². The van der Waals surface area contributed by atoms with E-state index in [0.29, 0.717) is 28.2 Å². The summed E-state index contributed by atoms with van der Waals surface area (Å²) in [5.41, 5.74) is 4.22. The average Bonchev–Trinajstić information content (AvgIpc) is 3.10. The van der Waals surface area contributed by atoms with E-state index in [-0.39, 0.29) is 5.75 Å². The van der Waals surface area contributed by atoms with Gasteiger partial charge in [0.15, 0.2) is 0 Å². The van der Waals surface area contributed by atoms with E-state index in [4.69, 9.17) is 4.74 Å². The Kier molecular flexibility index (Phi) is 5.47. The number of aromatic hydroxyl groups is 1. The minimum Gasteiger partial charge on any atom is -0.507 e. The first kappa shape index (κ1) is 16.8. The summed E-state index contributed by atoms with van der Waals surface area (Å²) in [4.78, 5) is 8.52. The van der Waals surface area contributed by atoms with Crippen molar-refractivity contribution in [1.82, 2.24) is 20.2 Å². The monoisotopic (exact) mass is 356 g/mol. The molecule has 0 spiro atoms. The molecule has 0 aliphatic rings. The van der Waals surface area contributed by atoms with Crippen molar-refractivity contribution < 1.29 is 9.84 Å². The lowest BCUT2D eigenvalue weighted by molar-refractivity contribution is 0.412. The Morgan fingerprint density at radius 3 is 3.08 bits per heavy atom. The van der Waals surface area contributed by atoms with Gasteiger partial charge in [0.1, 0.15) is 11.5 Å². The van der Waals surface area contributed by atoms with Crippen LogP contribution in [0, 0.1) is 0 Å². The molecule has 0 atom stereocenters. The van der Waals surface area contributed by atoms with Crippen molar-refractivity contribution in [3.8, 4) is 11.5 Å². The molecule has 0 bridgehead atoms. The van der Waals surface area contributed by atoms with Crippen molar-refractivity contribution in [2.45, 2.75) is 10.9 Å². The molecule has 0 radical (unpaired) electrons.